The number of aromatic amines is 1. The lowest BCUT2D eigenvalue weighted by Crippen LogP contribution is -2.11. The molecule has 0 saturated heterocycles. The van der Waals surface area contributed by atoms with E-state index in [1.165, 1.54) is 0 Å². The van der Waals surface area contributed by atoms with Crippen LogP contribution in [-0.2, 0) is 0 Å². The van der Waals surface area contributed by atoms with Crippen molar-refractivity contribution in [1.29, 1.82) is 0 Å². The van der Waals surface area contributed by atoms with E-state index in [1.807, 2.05) is 6.07 Å². The minimum Gasteiger partial charge on any atom is -0.399 e. The molecule has 0 fully saturated rings. The number of hydrogen-bond acceptors (Lipinski definition) is 2. The molecule has 3 rings (SSSR count). The third-order valence-corrected chi connectivity index (χ3v) is 3.97. The highest BCUT2D eigenvalue weighted by Crippen LogP contribution is 2.30. The number of H-pyrrole nitrogens is 1. The molecule has 0 saturated carbocycles. The number of rotatable bonds is 2. The Labute approximate surface area is 130 Å². The lowest BCUT2D eigenvalue weighted by Gasteiger charge is -2.07. The Bertz CT molecular complexity index is 842. The summed E-state index contributed by atoms with van der Waals surface area (Å²) in [5, 5.41) is 4.20. The molecule has 6 heteroatoms. The number of nitrogens with two attached hydrogens (primary N) is 1. The minimum atomic E-state index is -0.281. The second-order valence-electron chi connectivity index (χ2n) is 4.56. The van der Waals surface area contributed by atoms with E-state index < -0.39 is 0 Å². The third-order valence-electron chi connectivity index (χ3n) is 3.15. The normalized spacial score (nSPS) is 10.8. The van der Waals surface area contributed by atoms with Crippen molar-refractivity contribution >= 4 is 51.4 Å². The van der Waals surface area contributed by atoms with Gasteiger partial charge in [0, 0.05) is 22.8 Å². The molecular weight excluding hydrogens is 309 g/mol. The molecule has 3 aromatic rings. The predicted molar refractivity (Wildman–Crippen MR) is 87.1 cm³/mol. The molecule has 21 heavy (non-hydrogen) atoms. The number of benzene rings is 2. The monoisotopic (exact) mass is 319 g/mol. The Morgan fingerprint density at radius 2 is 2.00 bits per heavy atom. The highest BCUT2D eigenvalue weighted by molar-refractivity contribution is 6.44. The van der Waals surface area contributed by atoms with Gasteiger partial charge in [-0.15, -0.1) is 0 Å². The van der Waals surface area contributed by atoms with Gasteiger partial charge in [-0.1, -0.05) is 29.3 Å². The Morgan fingerprint density at radius 1 is 1.19 bits per heavy atom. The van der Waals surface area contributed by atoms with Crippen LogP contribution in [0, 0.1) is 0 Å². The molecule has 0 aliphatic heterocycles. The van der Waals surface area contributed by atoms with E-state index in [2.05, 4.69) is 10.3 Å². The average Bonchev–Trinajstić information content (AvgIpc) is 2.87. The number of fused-ring (bicyclic) bond motifs is 1. The zero-order valence-corrected chi connectivity index (χ0v) is 12.3. The standard InChI is InChI=1S/C15H11Cl2N3O/c16-11-2-1-3-13(14(11)17)20-15(21)10-7-19-12-5-4-8(18)6-9(10)12/h1-7,19H,18H2,(H,20,21). The predicted octanol–water partition coefficient (Wildman–Crippen LogP) is 4.31. The number of carbonyl (C=O) groups excluding carboxylic acids is 1. The maximum Gasteiger partial charge on any atom is 0.257 e. The molecule has 106 valence electrons. The van der Waals surface area contributed by atoms with E-state index in [0.717, 1.165) is 10.9 Å². The first kappa shape index (κ1) is 13.8. The summed E-state index contributed by atoms with van der Waals surface area (Å²) in [4.78, 5) is 15.4. The Kier molecular flexibility index (Phi) is 3.49. The number of carbonyl (C=O) groups is 1. The van der Waals surface area contributed by atoms with E-state index >= 15 is 0 Å². The first-order valence-electron chi connectivity index (χ1n) is 6.18. The second kappa shape index (κ2) is 5.31. The molecule has 0 unspecified atom stereocenters. The Morgan fingerprint density at radius 3 is 2.81 bits per heavy atom. The molecule has 0 aliphatic carbocycles. The molecule has 2 aromatic carbocycles. The molecule has 0 aliphatic rings. The number of halogens is 2. The number of anilines is 2. The van der Waals surface area contributed by atoms with Gasteiger partial charge in [0.2, 0.25) is 0 Å². The van der Waals surface area contributed by atoms with Gasteiger partial charge in [0.15, 0.2) is 0 Å². The lowest BCUT2D eigenvalue weighted by atomic mass is 10.1. The van der Waals surface area contributed by atoms with E-state index in [-0.39, 0.29) is 5.91 Å². The zero-order chi connectivity index (χ0) is 15.0. The summed E-state index contributed by atoms with van der Waals surface area (Å²) in [6.07, 6.45) is 1.64. The maximum absolute atomic E-state index is 12.4. The van der Waals surface area contributed by atoms with Crippen molar-refractivity contribution in [2.24, 2.45) is 0 Å². The molecule has 0 radical (unpaired) electrons. The van der Waals surface area contributed by atoms with Crippen molar-refractivity contribution in [1.82, 2.24) is 4.98 Å². The molecule has 1 heterocycles. The van der Waals surface area contributed by atoms with Crippen LogP contribution in [0.3, 0.4) is 0 Å². The van der Waals surface area contributed by atoms with Crippen LogP contribution in [0.1, 0.15) is 10.4 Å². The van der Waals surface area contributed by atoms with E-state index in [0.29, 0.717) is 27.0 Å². The Balaban J connectivity index is 1.97. The van der Waals surface area contributed by atoms with Gasteiger partial charge in [0.05, 0.1) is 21.3 Å². The molecule has 1 aromatic heterocycles. The van der Waals surface area contributed by atoms with Crippen molar-refractivity contribution in [2.45, 2.75) is 0 Å². The number of nitrogen functional groups attached to an aromatic ring is 1. The van der Waals surface area contributed by atoms with Crippen LogP contribution < -0.4 is 11.1 Å². The van der Waals surface area contributed by atoms with Crippen LogP contribution in [0.2, 0.25) is 10.0 Å². The zero-order valence-electron chi connectivity index (χ0n) is 10.8. The summed E-state index contributed by atoms with van der Waals surface area (Å²) in [5.41, 5.74) is 8.16. The quantitative estimate of drug-likeness (QED) is 0.616. The fourth-order valence-electron chi connectivity index (χ4n) is 2.12. The summed E-state index contributed by atoms with van der Waals surface area (Å²) in [7, 11) is 0. The van der Waals surface area contributed by atoms with Crippen LogP contribution in [0.25, 0.3) is 10.9 Å². The topological polar surface area (TPSA) is 70.9 Å². The van der Waals surface area contributed by atoms with Crippen molar-refractivity contribution in [3.63, 3.8) is 0 Å². The van der Waals surface area contributed by atoms with Gasteiger partial charge < -0.3 is 16.0 Å². The van der Waals surface area contributed by atoms with Gasteiger partial charge in [0.25, 0.3) is 5.91 Å². The number of aromatic nitrogens is 1. The first-order chi connectivity index (χ1) is 10.1. The summed E-state index contributed by atoms with van der Waals surface area (Å²) in [6.45, 7) is 0. The van der Waals surface area contributed by atoms with E-state index in [1.54, 1.807) is 36.5 Å². The largest absolute Gasteiger partial charge is 0.399 e. The fourth-order valence-corrected chi connectivity index (χ4v) is 2.46. The van der Waals surface area contributed by atoms with Crippen LogP contribution in [0.5, 0.6) is 0 Å². The van der Waals surface area contributed by atoms with E-state index in [9.17, 15) is 4.79 Å². The minimum absolute atomic E-state index is 0.281. The highest BCUT2D eigenvalue weighted by Gasteiger charge is 2.14. The molecule has 4 N–H and O–H groups in total. The number of nitrogens with one attached hydrogen (secondary N) is 2. The van der Waals surface area contributed by atoms with Crippen LogP contribution in [0.4, 0.5) is 11.4 Å². The Hall–Kier alpha value is -2.17. The second-order valence-corrected chi connectivity index (χ2v) is 5.35. The van der Waals surface area contributed by atoms with Crippen molar-refractivity contribution in [2.75, 3.05) is 11.1 Å². The molecular formula is C15H11Cl2N3O. The summed E-state index contributed by atoms with van der Waals surface area (Å²) in [5.74, 6) is -0.281. The van der Waals surface area contributed by atoms with Crippen molar-refractivity contribution in [3.8, 4) is 0 Å². The summed E-state index contributed by atoms with van der Waals surface area (Å²) in [6, 6.07) is 10.4. The average molecular weight is 320 g/mol. The van der Waals surface area contributed by atoms with Gasteiger partial charge in [-0.3, -0.25) is 4.79 Å². The van der Waals surface area contributed by atoms with Gasteiger partial charge in [0.1, 0.15) is 0 Å². The molecule has 0 bridgehead atoms. The van der Waals surface area contributed by atoms with Crippen LogP contribution in [-0.4, -0.2) is 10.9 Å². The van der Waals surface area contributed by atoms with E-state index in [4.69, 9.17) is 28.9 Å². The molecule has 0 spiro atoms. The summed E-state index contributed by atoms with van der Waals surface area (Å²) >= 11 is 12.0. The molecule has 1 amide bonds. The van der Waals surface area contributed by atoms with Gasteiger partial charge in [-0.05, 0) is 30.3 Å². The van der Waals surface area contributed by atoms with Crippen molar-refractivity contribution < 1.29 is 4.79 Å². The van der Waals surface area contributed by atoms with Crippen molar-refractivity contribution in [3.05, 3.63) is 58.2 Å². The highest BCUT2D eigenvalue weighted by atomic mass is 35.5. The van der Waals surface area contributed by atoms with Gasteiger partial charge in [-0.2, -0.15) is 0 Å². The van der Waals surface area contributed by atoms with Crippen LogP contribution >= 0.6 is 23.2 Å². The van der Waals surface area contributed by atoms with Gasteiger partial charge >= 0.3 is 0 Å². The van der Waals surface area contributed by atoms with Gasteiger partial charge in [-0.25, -0.2) is 0 Å². The molecule has 4 nitrogen and oxygen atoms in total. The summed E-state index contributed by atoms with van der Waals surface area (Å²) < 4.78 is 0. The maximum atomic E-state index is 12.4. The van der Waals surface area contributed by atoms with Crippen LogP contribution in [0.15, 0.2) is 42.6 Å². The fraction of sp³-hybridized carbons (Fsp3) is 0. The number of amides is 1. The number of hydrogen-bond donors (Lipinski definition) is 3. The lowest BCUT2D eigenvalue weighted by molar-refractivity contribution is 0.102. The third kappa shape index (κ3) is 2.55. The smallest absolute Gasteiger partial charge is 0.257 e. The molecule has 0 atom stereocenters. The SMILES string of the molecule is Nc1ccc2[nH]cc(C(=O)Nc3cccc(Cl)c3Cl)c2c1. The first-order valence-corrected chi connectivity index (χ1v) is 6.94.